The van der Waals surface area contributed by atoms with Gasteiger partial charge in [0, 0.05) is 18.7 Å². The first-order valence-corrected chi connectivity index (χ1v) is 9.93. The second-order valence-corrected chi connectivity index (χ2v) is 8.02. The van der Waals surface area contributed by atoms with E-state index in [1.807, 2.05) is 49.3 Å². The summed E-state index contributed by atoms with van der Waals surface area (Å²) in [5.74, 6) is -0.307. The van der Waals surface area contributed by atoms with Crippen LogP contribution in [0.5, 0.6) is 0 Å². The number of carbonyl (C=O) groups is 1. The molecule has 0 fully saturated rings. The molecule has 26 heavy (non-hydrogen) atoms. The van der Waals surface area contributed by atoms with Gasteiger partial charge in [0.05, 0.1) is 4.90 Å². The predicted octanol–water partition coefficient (Wildman–Crippen LogP) is 1.85. The third-order valence-electron chi connectivity index (χ3n) is 3.78. The van der Waals surface area contributed by atoms with E-state index in [9.17, 15) is 13.2 Å². The molecule has 0 bridgehead atoms. The van der Waals surface area contributed by atoms with Gasteiger partial charge < -0.3 is 10.2 Å². The Morgan fingerprint density at radius 2 is 1.77 bits per heavy atom. The van der Waals surface area contributed by atoms with Gasteiger partial charge in [-0.2, -0.15) is 0 Å². The SMILES string of the molecule is CN(C)CCCNS(=O)(=O)c1cccc(C(=O)NCc2ccccc2)c1. The summed E-state index contributed by atoms with van der Waals surface area (Å²) in [4.78, 5) is 14.4. The molecule has 0 atom stereocenters. The second kappa shape index (κ2) is 9.47. The molecule has 0 aliphatic rings. The molecule has 0 saturated carbocycles. The number of sulfonamides is 1. The number of amides is 1. The van der Waals surface area contributed by atoms with Gasteiger partial charge in [-0.25, -0.2) is 13.1 Å². The lowest BCUT2D eigenvalue weighted by molar-refractivity contribution is 0.0950. The van der Waals surface area contributed by atoms with E-state index in [2.05, 4.69) is 10.0 Å². The average Bonchev–Trinajstić information content (AvgIpc) is 2.64. The first-order chi connectivity index (χ1) is 12.4. The number of hydrogen-bond donors (Lipinski definition) is 2. The molecule has 0 radical (unpaired) electrons. The van der Waals surface area contributed by atoms with E-state index in [1.54, 1.807) is 12.1 Å². The molecule has 0 spiro atoms. The van der Waals surface area contributed by atoms with Crippen molar-refractivity contribution in [3.63, 3.8) is 0 Å². The Labute approximate surface area is 155 Å². The van der Waals surface area contributed by atoms with Crippen LogP contribution in [0.3, 0.4) is 0 Å². The molecule has 7 heteroatoms. The van der Waals surface area contributed by atoms with Crippen molar-refractivity contribution in [1.82, 2.24) is 14.9 Å². The highest BCUT2D eigenvalue weighted by atomic mass is 32.2. The zero-order chi connectivity index (χ0) is 19.0. The smallest absolute Gasteiger partial charge is 0.251 e. The largest absolute Gasteiger partial charge is 0.348 e. The van der Waals surface area contributed by atoms with Gasteiger partial charge in [-0.15, -0.1) is 0 Å². The Balaban J connectivity index is 1.98. The molecule has 0 aromatic heterocycles. The maximum absolute atomic E-state index is 12.4. The van der Waals surface area contributed by atoms with Gasteiger partial charge >= 0.3 is 0 Å². The molecule has 0 unspecified atom stereocenters. The highest BCUT2D eigenvalue weighted by molar-refractivity contribution is 7.89. The molecule has 0 aliphatic heterocycles. The summed E-state index contributed by atoms with van der Waals surface area (Å²) in [7, 11) is 0.243. The molecule has 2 aromatic carbocycles. The summed E-state index contributed by atoms with van der Waals surface area (Å²) in [5.41, 5.74) is 1.30. The Morgan fingerprint density at radius 1 is 1.04 bits per heavy atom. The summed E-state index contributed by atoms with van der Waals surface area (Å²) in [6.07, 6.45) is 0.712. The van der Waals surface area contributed by atoms with Crippen LogP contribution in [0.4, 0.5) is 0 Å². The summed E-state index contributed by atoms with van der Waals surface area (Å²) in [5, 5.41) is 2.80. The van der Waals surface area contributed by atoms with Crippen molar-refractivity contribution in [2.24, 2.45) is 0 Å². The maximum Gasteiger partial charge on any atom is 0.251 e. The van der Waals surface area contributed by atoms with Crippen molar-refractivity contribution >= 4 is 15.9 Å². The van der Waals surface area contributed by atoms with Crippen LogP contribution in [0, 0.1) is 0 Å². The Bertz CT molecular complexity index is 821. The van der Waals surface area contributed by atoms with Crippen molar-refractivity contribution < 1.29 is 13.2 Å². The van der Waals surface area contributed by atoms with E-state index in [0.29, 0.717) is 25.1 Å². The van der Waals surface area contributed by atoms with Gasteiger partial charge in [0.15, 0.2) is 0 Å². The molecular formula is C19H25N3O3S. The van der Waals surface area contributed by atoms with E-state index in [4.69, 9.17) is 0 Å². The monoisotopic (exact) mass is 375 g/mol. The van der Waals surface area contributed by atoms with E-state index >= 15 is 0 Å². The fourth-order valence-electron chi connectivity index (χ4n) is 2.37. The van der Waals surface area contributed by atoms with Crippen molar-refractivity contribution in [1.29, 1.82) is 0 Å². The lowest BCUT2D eigenvalue weighted by atomic mass is 10.2. The van der Waals surface area contributed by atoms with Crippen LogP contribution >= 0.6 is 0 Å². The molecule has 1 amide bonds. The van der Waals surface area contributed by atoms with E-state index in [0.717, 1.165) is 12.1 Å². The van der Waals surface area contributed by atoms with E-state index < -0.39 is 10.0 Å². The molecule has 0 heterocycles. The number of rotatable bonds is 9. The summed E-state index contributed by atoms with van der Waals surface area (Å²) in [6, 6.07) is 15.6. The first-order valence-electron chi connectivity index (χ1n) is 8.45. The first kappa shape index (κ1) is 20.1. The highest BCUT2D eigenvalue weighted by Gasteiger charge is 2.15. The average molecular weight is 375 g/mol. The van der Waals surface area contributed by atoms with Gasteiger partial charge in [-0.05, 0) is 50.8 Å². The van der Waals surface area contributed by atoms with Gasteiger partial charge in [-0.1, -0.05) is 36.4 Å². The van der Waals surface area contributed by atoms with Gasteiger partial charge in [-0.3, -0.25) is 4.79 Å². The van der Waals surface area contributed by atoms with Crippen LogP contribution < -0.4 is 10.0 Å². The summed E-state index contributed by atoms with van der Waals surface area (Å²) in [6.45, 7) is 1.54. The predicted molar refractivity (Wildman–Crippen MR) is 102 cm³/mol. The number of hydrogen-bond acceptors (Lipinski definition) is 4. The quantitative estimate of drug-likeness (QED) is 0.656. The molecule has 0 saturated heterocycles. The minimum Gasteiger partial charge on any atom is -0.348 e. The van der Waals surface area contributed by atoms with Gasteiger partial charge in [0.25, 0.3) is 5.91 Å². The highest BCUT2D eigenvalue weighted by Crippen LogP contribution is 2.12. The maximum atomic E-state index is 12.4. The summed E-state index contributed by atoms with van der Waals surface area (Å²) >= 11 is 0. The standard InChI is InChI=1S/C19H25N3O3S/c1-22(2)13-7-12-21-26(24,25)18-11-6-10-17(14-18)19(23)20-15-16-8-4-3-5-9-16/h3-6,8-11,14,21H,7,12-13,15H2,1-2H3,(H,20,23). The van der Waals surface area contributed by atoms with Crippen LogP contribution in [-0.2, 0) is 16.6 Å². The van der Waals surface area contributed by atoms with Gasteiger partial charge in [0.2, 0.25) is 10.0 Å². The summed E-state index contributed by atoms with van der Waals surface area (Å²) < 4.78 is 27.3. The lowest BCUT2D eigenvalue weighted by Gasteiger charge is -2.11. The number of benzene rings is 2. The Hall–Kier alpha value is -2.22. The van der Waals surface area contributed by atoms with Gasteiger partial charge in [0.1, 0.15) is 0 Å². The fourth-order valence-corrected chi connectivity index (χ4v) is 3.49. The minimum atomic E-state index is -3.63. The lowest BCUT2D eigenvalue weighted by Crippen LogP contribution is -2.28. The zero-order valence-electron chi connectivity index (χ0n) is 15.1. The van der Waals surface area contributed by atoms with Crippen LogP contribution in [0.1, 0.15) is 22.3 Å². The van der Waals surface area contributed by atoms with E-state index in [1.165, 1.54) is 12.1 Å². The Morgan fingerprint density at radius 3 is 2.46 bits per heavy atom. The van der Waals surface area contributed by atoms with E-state index in [-0.39, 0.29) is 10.8 Å². The van der Waals surface area contributed by atoms with Crippen LogP contribution in [0.15, 0.2) is 59.5 Å². The van der Waals surface area contributed by atoms with Crippen LogP contribution in [0.2, 0.25) is 0 Å². The van der Waals surface area contributed by atoms with Crippen molar-refractivity contribution in [2.45, 2.75) is 17.9 Å². The normalized spacial score (nSPS) is 11.5. The molecule has 2 N–H and O–H groups in total. The molecular weight excluding hydrogens is 350 g/mol. The van der Waals surface area contributed by atoms with Crippen LogP contribution in [-0.4, -0.2) is 46.4 Å². The second-order valence-electron chi connectivity index (χ2n) is 6.25. The zero-order valence-corrected chi connectivity index (χ0v) is 15.9. The molecule has 6 nitrogen and oxygen atoms in total. The van der Waals surface area contributed by atoms with Crippen LogP contribution in [0.25, 0.3) is 0 Å². The fraction of sp³-hybridized carbons (Fsp3) is 0.316. The molecule has 2 aromatic rings. The number of nitrogens with zero attached hydrogens (tertiary/aromatic N) is 1. The van der Waals surface area contributed by atoms with Crippen molar-refractivity contribution in [3.05, 3.63) is 65.7 Å². The topological polar surface area (TPSA) is 78.5 Å². The minimum absolute atomic E-state index is 0.0923. The van der Waals surface area contributed by atoms with Crippen molar-refractivity contribution in [3.8, 4) is 0 Å². The third-order valence-corrected chi connectivity index (χ3v) is 5.24. The Kier molecular flexibility index (Phi) is 7.32. The molecule has 140 valence electrons. The number of nitrogens with one attached hydrogen (secondary N) is 2. The molecule has 0 aliphatic carbocycles. The number of carbonyl (C=O) groups excluding carboxylic acids is 1. The van der Waals surface area contributed by atoms with Crippen molar-refractivity contribution in [2.75, 3.05) is 27.2 Å². The molecule has 2 rings (SSSR count). The third kappa shape index (κ3) is 6.25.